The molecule has 0 rings (SSSR count). The number of allylic oxidation sites excluding steroid dienone is 24. The van der Waals surface area contributed by atoms with Gasteiger partial charge in [-0.1, -0.05) is 301 Å². The molecule has 0 saturated carbocycles. The fourth-order valence-electron chi connectivity index (χ4n) is 9.10. The Bertz CT molecular complexity index is 1780. The van der Waals surface area contributed by atoms with E-state index in [0.717, 1.165) is 148 Å². The van der Waals surface area contributed by atoms with E-state index in [1.807, 2.05) is 0 Å². The maximum atomic E-state index is 12.9. The predicted octanol–water partition coefficient (Wildman–Crippen LogP) is 23.5. The van der Waals surface area contributed by atoms with E-state index in [2.05, 4.69) is 167 Å². The molecule has 464 valence electrons. The summed E-state index contributed by atoms with van der Waals surface area (Å²) in [6.45, 7) is 6.40. The second-order valence-corrected chi connectivity index (χ2v) is 22.0. The molecule has 0 aromatic carbocycles. The molecule has 0 aliphatic rings. The van der Waals surface area contributed by atoms with Crippen LogP contribution in [0.25, 0.3) is 0 Å². The van der Waals surface area contributed by atoms with Crippen LogP contribution in [0.3, 0.4) is 0 Å². The third-order valence-electron chi connectivity index (χ3n) is 14.1. The Labute approximate surface area is 506 Å². The van der Waals surface area contributed by atoms with Crippen LogP contribution in [0, 0.1) is 0 Å². The van der Waals surface area contributed by atoms with Crippen molar-refractivity contribution >= 4 is 17.9 Å². The van der Waals surface area contributed by atoms with Gasteiger partial charge in [0.15, 0.2) is 6.10 Å². The summed E-state index contributed by atoms with van der Waals surface area (Å²) in [5, 5.41) is 0. The zero-order valence-electron chi connectivity index (χ0n) is 53.2. The number of hydrogen-bond donors (Lipinski definition) is 0. The topological polar surface area (TPSA) is 78.9 Å². The van der Waals surface area contributed by atoms with Gasteiger partial charge in [-0.3, -0.25) is 14.4 Å². The monoisotopic (exact) mass is 1130 g/mol. The molecule has 0 aliphatic heterocycles. The summed E-state index contributed by atoms with van der Waals surface area (Å²) < 4.78 is 16.9. The normalized spacial score (nSPS) is 13.1. The summed E-state index contributed by atoms with van der Waals surface area (Å²) in [4.78, 5) is 38.3. The van der Waals surface area contributed by atoms with Crippen LogP contribution in [0.1, 0.15) is 297 Å². The molecule has 6 heteroatoms. The molecule has 1 unspecified atom stereocenters. The second-order valence-electron chi connectivity index (χ2n) is 22.0. The zero-order chi connectivity index (χ0) is 59.2. The molecule has 0 heterocycles. The zero-order valence-corrected chi connectivity index (χ0v) is 53.2. The van der Waals surface area contributed by atoms with Crippen molar-refractivity contribution < 1.29 is 28.6 Å². The molecule has 0 aromatic heterocycles. The van der Waals surface area contributed by atoms with E-state index >= 15 is 0 Å². The number of hydrogen-bond acceptors (Lipinski definition) is 6. The summed E-state index contributed by atoms with van der Waals surface area (Å²) in [6.07, 6.45) is 98.6. The third-order valence-corrected chi connectivity index (χ3v) is 14.1. The molecule has 0 aliphatic carbocycles. The highest BCUT2D eigenvalue weighted by Gasteiger charge is 2.19. The number of esters is 3. The summed E-state index contributed by atoms with van der Waals surface area (Å²) in [7, 11) is 0. The van der Waals surface area contributed by atoms with Crippen molar-refractivity contribution in [1.82, 2.24) is 0 Å². The molecule has 0 bridgehead atoms. The minimum absolute atomic E-state index is 0.0861. The Morgan fingerprint density at radius 3 is 0.744 bits per heavy atom. The average Bonchev–Trinajstić information content (AvgIpc) is 3.48. The van der Waals surface area contributed by atoms with Crippen LogP contribution < -0.4 is 0 Å². The fraction of sp³-hybridized carbons (Fsp3) is 0.645. The predicted molar refractivity (Wildman–Crippen MR) is 357 cm³/mol. The quantitative estimate of drug-likeness (QED) is 0.0261. The molecule has 6 nitrogen and oxygen atoms in total. The van der Waals surface area contributed by atoms with Crippen molar-refractivity contribution in [3.05, 3.63) is 146 Å². The van der Waals surface area contributed by atoms with Crippen molar-refractivity contribution in [1.29, 1.82) is 0 Å². The van der Waals surface area contributed by atoms with E-state index < -0.39 is 6.10 Å². The first-order valence-corrected chi connectivity index (χ1v) is 33.8. The lowest BCUT2D eigenvalue weighted by Gasteiger charge is -2.18. The Hall–Kier alpha value is -4.71. The lowest BCUT2D eigenvalue weighted by Crippen LogP contribution is -2.30. The SMILES string of the molecule is CC/C=C\C/C=C\C/C=C\C/C=C\C/C=C\C/C=C\C/C=C\CCCCCCCCCC(=O)OCC(COC(=O)CCCCCCCCCCCC)OC(=O)CCCCCCCCCCC/C=C\C/C=C\C/C=C\C/C=C\C/C=C\CC. The van der Waals surface area contributed by atoms with Gasteiger partial charge in [0.1, 0.15) is 13.2 Å². The van der Waals surface area contributed by atoms with E-state index in [0.29, 0.717) is 19.3 Å². The smallest absolute Gasteiger partial charge is 0.306 e. The standard InChI is InChI=1S/C76H124O6/c1-4-7-10-13-16-19-22-24-26-28-30-32-34-36-37-38-39-41-42-44-46-48-50-52-54-57-60-63-66-69-75(78)81-72-73(71-80-74(77)68-65-62-59-56-21-18-15-12-9-6-3)82-76(79)70-67-64-61-58-55-53-51-49-47-45-43-40-35-33-31-29-27-25-23-20-17-14-11-8-5-2/h7-8,10-11,16-17,19-20,24-27,30-33,36-37,39-41,43-44,46,73H,4-6,9,12-15,18,21-23,28-29,34-35,38,42,45,47-72H2,1-3H3/b10-7-,11-8-,19-16-,20-17-,26-24-,27-25-,32-30-,33-31-,37-36-,41-39-,43-40-,46-44-. The van der Waals surface area contributed by atoms with Gasteiger partial charge in [-0.25, -0.2) is 0 Å². The molecule has 1 atom stereocenters. The van der Waals surface area contributed by atoms with Crippen LogP contribution in [-0.4, -0.2) is 37.2 Å². The molecular weight excluding hydrogens is 1010 g/mol. The second kappa shape index (κ2) is 68.8. The number of ether oxygens (including phenoxy) is 3. The molecule has 0 amide bonds. The molecule has 0 saturated heterocycles. The molecule has 0 spiro atoms. The van der Waals surface area contributed by atoms with Crippen LogP contribution >= 0.6 is 0 Å². The largest absolute Gasteiger partial charge is 0.462 e. The van der Waals surface area contributed by atoms with Crippen molar-refractivity contribution in [3.63, 3.8) is 0 Å². The van der Waals surface area contributed by atoms with Crippen molar-refractivity contribution in [2.75, 3.05) is 13.2 Å². The Morgan fingerprint density at radius 2 is 0.476 bits per heavy atom. The lowest BCUT2D eigenvalue weighted by atomic mass is 10.1. The molecule has 0 radical (unpaired) electrons. The Balaban J connectivity index is 4.30. The number of carbonyl (C=O) groups excluding carboxylic acids is 3. The molecule has 0 aromatic rings. The third kappa shape index (κ3) is 66.1. The van der Waals surface area contributed by atoms with Crippen LogP contribution in [0.4, 0.5) is 0 Å². The number of rotatable bonds is 60. The average molecular weight is 1130 g/mol. The number of unbranched alkanes of at least 4 members (excludes halogenated alkanes) is 25. The lowest BCUT2D eigenvalue weighted by molar-refractivity contribution is -0.167. The highest BCUT2D eigenvalue weighted by molar-refractivity contribution is 5.71. The first kappa shape index (κ1) is 77.3. The van der Waals surface area contributed by atoms with Crippen molar-refractivity contribution in [3.8, 4) is 0 Å². The first-order valence-electron chi connectivity index (χ1n) is 33.8. The highest BCUT2D eigenvalue weighted by Crippen LogP contribution is 2.16. The minimum Gasteiger partial charge on any atom is -0.462 e. The van der Waals surface area contributed by atoms with E-state index in [4.69, 9.17) is 14.2 Å². The van der Waals surface area contributed by atoms with E-state index in [1.165, 1.54) is 109 Å². The van der Waals surface area contributed by atoms with Gasteiger partial charge in [0, 0.05) is 19.3 Å². The van der Waals surface area contributed by atoms with E-state index in [9.17, 15) is 14.4 Å². The van der Waals surface area contributed by atoms with Crippen molar-refractivity contribution in [2.24, 2.45) is 0 Å². The Kier molecular flexibility index (Phi) is 64.8. The molecule has 0 fully saturated rings. The van der Waals surface area contributed by atoms with E-state index in [-0.39, 0.29) is 31.1 Å². The van der Waals surface area contributed by atoms with Gasteiger partial charge in [-0.05, 0) is 122 Å². The maximum Gasteiger partial charge on any atom is 0.306 e. The van der Waals surface area contributed by atoms with Crippen LogP contribution in [0.5, 0.6) is 0 Å². The van der Waals surface area contributed by atoms with Crippen molar-refractivity contribution in [2.45, 2.75) is 303 Å². The Morgan fingerprint density at radius 1 is 0.256 bits per heavy atom. The first-order chi connectivity index (χ1) is 40.5. The summed E-state index contributed by atoms with van der Waals surface area (Å²) in [5.74, 6) is -0.902. The summed E-state index contributed by atoms with van der Waals surface area (Å²) in [5.41, 5.74) is 0. The number of carbonyl (C=O) groups is 3. The minimum atomic E-state index is -0.791. The van der Waals surface area contributed by atoms with Gasteiger partial charge >= 0.3 is 17.9 Å². The molecule has 82 heavy (non-hydrogen) atoms. The van der Waals surface area contributed by atoms with E-state index in [1.54, 1.807) is 0 Å². The van der Waals surface area contributed by atoms with Gasteiger partial charge in [0.05, 0.1) is 0 Å². The van der Waals surface area contributed by atoms with Gasteiger partial charge in [0.2, 0.25) is 0 Å². The van der Waals surface area contributed by atoms with Gasteiger partial charge in [-0.2, -0.15) is 0 Å². The highest BCUT2D eigenvalue weighted by atomic mass is 16.6. The van der Waals surface area contributed by atoms with Gasteiger partial charge in [-0.15, -0.1) is 0 Å². The molecular formula is C76H124O6. The summed E-state index contributed by atoms with van der Waals surface area (Å²) >= 11 is 0. The van der Waals surface area contributed by atoms with Crippen LogP contribution in [-0.2, 0) is 28.6 Å². The van der Waals surface area contributed by atoms with Crippen LogP contribution in [0.15, 0.2) is 146 Å². The van der Waals surface area contributed by atoms with Crippen LogP contribution in [0.2, 0.25) is 0 Å². The molecule has 0 N–H and O–H groups in total. The van der Waals surface area contributed by atoms with Gasteiger partial charge < -0.3 is 14.2 Å². The summed E-state index contributed by atoms with van der Waals surface area (Å²) in [6, 6.07) is 0. The fourth-order valence-corrected chi connectivity index (χ4v) is 9.10. The maximum absolute atomic E-state index is 12.9. The van der Waals surface area contributed by atoms with Gasteiger partial charge in [0.25, 0.3) is 0 Å².